The first-order valence-corrected chi connectivity index (χ1v) is 12.1. The quantitative estimate of drug-likeness (QED) is 0.461. The van der Waals surface area contributed by atoms with Crippen molar-refractivity contribution >= 4 is 23.3 Å². The summed E-state index contributed by atoms with van der Waals surface area (Å²) in [4.78, 5) is 29.1. The number of carbonyl (C=O) groups excluding carboxylic acids is 2. The van der Waals surface area contributed by atoms with Crippen molar-refractivity contribution in [2.24, 2.45) is 0 Å². The van der Waals surface area contributed by atoms with Crippen molar-refractivity contribution in [3.63, 3.8) is 0 Å². The Morgan fingerprint density at radius 2 is 1.65 bits per heavy atom. The number of nitrogens with zero attached hydrogens (tertiary/aromatic N) is 3. The Balaban J connectivity index is 1.15. The molecule has 180 valence electrons. The minimum absolute atomic E-state index is 0.173. The van der Waals surface area contributed by atoms with Crippen LogP contribution in [0.15, 0.2) is 42.5 Å². The lowest BCUT2D eigenvalue weighted by atomic mass is 9.88. The summed E-state index contributed by atoms with van der Waals surface area (Å²) in [6.07, 6.45) is 5.02. The number of carbonyl (C=O) groups is 2. The van der Waals surface area contributed by atoms with Gasteiger partial charge in [-0.2, -0.15) is 0 Å². The van der Waals surface area contributed by atoms with Crippen molar-refractivity contribution in [2.45, 2.75) is 44.1 Å². The fourth-order valence-electron chi connectivity index (χ4n) is 5.63. The first-order valence-electron chi connectivity index (χ1n) is 12.1. The third-order valence-electron chi connectivity index (χ3n) is 7.27. The first-order chi connectivity index (χ1) is 16.5. The molecule has 1 N–H and O–H groups in total. The fourth-order valence-corrected chi connectivity index (χ4v) is 5.63. The van der Waals surface area contributed by atoms with Crippen LogP contribution in [0.5, 0.6) is 0 Å². The summed E-state index contributed by atoms with van der Waals surface area (Å²) in [5, 5.41) is 2.30. The van der Waals surface area contributed by atoms with Crippen molar-refractivity contribution in [3.8, 4) is 0 Å². The number of piperidine rings is 1. The molecule has 0 radical (unpaired) electrons. The van der Waals surface area contributed by atoms with E-state index in [2.05, 4.69) is 15.1 Å². The molecule has 8 heteroatoms. The van der Waals surface area contributed by atoms with Gasteiger partial charge < -0.3 is 14.7 Å². The Morgan fingerprint density at radius 3 is 2.38 bits per heavy atom. The zero-order valence-electron chi connectivity index (χ0n) is 19.2. The molecule has 2 fully saturated rings. The minimum Gasteiger partial charge on any atom is -0.337 e. The Labute approximate surface area is 198 Å². The number of benzene rings is 2. The highest BCUT2D eigenvalue weighted by atomic mass is 19.1. The second-order valence-electron chi connectivity index (χ2n) is 9.50. The minimum atomic E-state index is -0.282. The van der Waals surface area contributed by atoms with Crippen molar-refractivity contribution in [1.29, 1.82) is 0 Å². The van der Waals surface area contributed by atoms with Gasteiger partial charge in [-0.1, -0.05) is 12.8 Å². The SMILES string of the molecule is O=C1CN(CCCCCCN2CCC3C(C2)c2cc(F)ccc2N3c2ccc(F)cc2)C(=O)N1. The number of anilines is 2. The van der Waals surface area contributed by atoms with Gasteiger partial charge in [-0.15, -0.1) is 0 Å². The van der Waals surface area contributed by atoms with Crippen LogP contribution >= 0.6 is 0 Å². The smallest absolute Gasteiger partial charge is 0.324 e. The highest BCUT2D eigenvalue weighted by Crippen LogP contribution is 2.48. The molecule has 0 aliphatic carbocycles. The van der Waals surface area contributed by atoms with E-state index < -0.39 is 0 Å². The standard InChI is InChI=1S/C26H30F2N4O2/c27-18-5-8-20(9-6-18)32-23-10-7-19(28)15-21(23)22-16-30(14-11-24(22)32)12-3-1-2-4-13-31-17-25(33)29-26(31)34/h5-10,15,22,24H,1-4,11-14,16-17H2,(H,29,33,34). The van der Waals surface area contributed by atoms with Gasteiger partial charge in [0, 0.05) is 43.0 Å². The second kappa shape index (κ2) is 9.70. The number of amides is 3. The van der Waals surface area contributed by atoms with Gasteiger partial charge in [0.25, 0.3) is 0 Å². The number of hydrogen-bond acceptors (Lipinski definition) is 4. The highest BCUT2D eigenvalue weighted by molar-refractivity contribution is 6.01. The third kappa shape index (κ3) is 4.64. The van der Waals surface area contributed by atoms with E-state index in [0.29, 0.717) is 6.54 Å². The van der Waals surface area contributed by atoms with Gasteiger partial charge in [-0.25, -0.2) is 13.6 Å². The normalized spacial score (nSPS) is 22.2. The molecule has 2 aromatic rings. The maximum atomic E-state index is 14.2. The summed E-state index contributed by atoms with van der Waals surface area (Å²) in [6, 6.07) is 11.6. The number of likely N-dealkylation sites (tertiary alicyclic amines) is 1. The lowest BCUT2D eigenvalue weighted by Crippen LogP contribution is -2.45. The summed E-state index contributed by atoms with van der Waals surface area (Å²) in [5.41, 5.74) is 3.01. The monoisotopic (exact) mass is 468 g/mol. The molecule has 2 saturated heterocycles. The average Bonchev–Trinajstić information content (AvgIpc) is 3.31. The lowest BCUT2D eigenvalue weighted by Gasteiger charge is -2.39. The molecule has 0 saturated carbocycles. The van der Waals surface area contributed by atoms with Crippen LogP contribution in [0, 0.1) is 11.6 Å². The topological polar surface area (TPSA) is 55.9 Å². The number of fused-ring (bicyclic) bond motifs is 3. The molecule has 3 amide bonds. The third-order valence-corrected chi connectivity index (χ3v) is 7.27. The first kappa shape index (κ1) is 22.8. The van der Waals surface area contributed by atoms with E-state index in [9.17, 15) is 18.4 Å². The predicted octanol–water partition coefficient (Wildman–Crippen LogP) is 4.39. The van der Waals surface area contributed by atoms with E-state index in [0.717, 1.165) is 68.7 Å². The summed E-state index contributed by atoms with van der Waals surface area (Å²) in [6.45, 7) is 3.64. The molecule has 5 rings (SSSR count). The predicted molar refractivity (Wildman–Crippen MR) is 126 cm³/mol. The Hall–Kier alpha value is -3.00. The molecule has 3 aliphatic heterocycles. The second-order valence-corrected chi connectivity index (χ2v) is 9.50. The summed E-state index contributed by atoms with van der Waals surface area (Å²) in [5.74, 6) is -0.481. The van der Waals surface area contributed by atoms with Crippen molar-refractivity contribution in [1.82, 2.24) is 15.1 Å². The Morgan fingerprint density at radius 1 is 0.912 bits per heavy atom. The van der Waals surface area contributed by atoms with E-state index >= 15 is 0 Å². The molecular weight excluding hydrogens is 438 g/mol. The molecule has 2 atom stereocenters. The van der Waals surface area contributed by atoms with Gasteiger partial charge in [-0.05, 0) is 73.8 Å². The van der Waals surface area contributed by atoms with Gasteiger partial charge in [0.15, 0.2) is 0 Å². The van der Waals surface area contributed by atoms with Crippen LogP contribution in [0.1, 0.15) is 43.6 Å². The molecule has 2 unspecified atom stereocenters. The molecule has 0 aromatic heterocycles. The molecule has 2 aromatic carbocycles. The fraction of sp³-hybridized carbons (Fsp3) is 0.462. The maximum Gasteiger partial charge on any atom is 0.324 e. The molecule has 6 nitrogen and oxygen atoms in total. The largest absolute Gasteiger partial charge is 0.337 e. The van der Waals surface area contributed by atoms with Crippen LogP contribution in [0.4, 0.5) is 25.0 Å². The number of hydrogen-bond donors (Lipinski definition) is 1. The van der Waals surface area contributed by atoms with Gasteiger partial charge in [0.05, 0.1) is 0 Å². The van der Waals surface area contributed by atoms with Gasteiger partial charge in [-0.3, -0.25) is 10.1 Å². The van der Waals surface area contributed by atoms with Crippen LogP contribution < -0.4 is 10.2 Å². The molecule has 3 heterocycles. The van der Waals surface area contributed by atoms with E-state index in [4.69, 9.17) is 0 Å². The van der Waals surface area contributed by atoms with E-state index in [-0.39, 0.29) is 42.1 Å². The van der Waals surface area contributed by atoms with Gasteiger partial charge in [0.2, 0.25) is 5.91 Å². The Bertz CT molecular complexity index is 1060. The van der Waals surface area contributed by atoms with Gasteiger partial charge in [0.1, 0.15) is 18.2 Å². The molecule has 0 bridgehead atoms. The van der Waals surface area contributed by atoms with Crippen molar-refractivity contribution in [3.05, 3.63) is 59.7 Å². The zero-order chi connectivity index (χ0) is 23.7. The molecule has 3 aliphatic rings. The van der Waals surface area contributed by atoms with Crippen LogP contribution in [0.3, 0.4) is 0 Å². The molecular formula is C26H30F2N4O2. The Kier molecular flexibility index (Phi) is 6.50. The number of nitrogens with one attached hydrogen (secondary N) is 1. The van der Waals surface area contributed by atoms with E-state index in [1.807, 2.05) is 6.07 Å². The lowest BCUT2D eigenvalue weighted by molar-refractivity contribution is -0.118. The van der Waals surface area contributed by atoms with E-state index in [1.54, 1.807) is 23.1 Å². The number of unbranched alkanes of at least 4 members (excludes halogenated alkanes) is 3. The van der Waals surface area contributed by atoms with Crippen molar-refractivity contribution < 1.29 is 18.4 Å². The summed E-state index contributed by atoms with van der Waals surface area (Å²) in [7, 11) is 0. The molecule has 0 spiro atoms. The summed E-state index contributed by atoms with van der Waals surface area (Å²) >= 11 is 0. The van der Waals surface area contributed by atoms with Crippen LogP contribution in [-0.4, -0.2) is 60.5 Å². The maximum absolute atomic E-state index is 14.2. The zero-order valence-corrected chi connectivity index (χ0v) is 19.2. The summed E-state index contributed by atoms with van der Waals surface area (Å²) < 4.78 is 27.7. The van der Waals surface area contributed by atoms with Crippen LogP contribution in [0.25, 0.3) is 0 Å². The highest BCUT2D eigenvalue weighted by Gasteiger charge is 2.42. The van der Waals surface area contributed by atoms with Crippen molar-refractivity contribution in [2.75, 3.05) is 37.6 Å². The van der Waals surface area contributed by atoms with Gasteiger partial charge >= 0.3 is 6.03 Å². The van der Waals surface area contributed by atoms with Crippen LogP contribution in [0.2, 0.25) is 0 Å². The molecule has 34 heavy (non-hydrogen) atoms. The number of halogens is 2. The number of imide groups is 1. The number of rotatable bonds is 8. The average molecular weight is 469 g/mol. The number of urea groups is 1. The van der Waals surface area contributed by atoms with Crippen LogP contribution in [-0.2, 0) is 4.79 Å². The van der Waals surface area contributed by atoms with E-state index in [1.165, 1.54) is 18.2 Å².